The molecule has 5 nitrogen and oxygen atoms in total. The van der Waals surface area contributed by atoms with Crippen molar-refractivity contribution < 1.29 is 19.8 Å². The molecular weight excluding hydrogens is 346 g/mol. The predicted octanol–water partition coefficient (Wildman–Crippen LogP) is 3.50. The van der Waals surface area contributed by atoms with E-state index < -0.39 is 5.97 Å². The van der Waals surface area contributed by atoms with Crippen LogP contribution in [-0.2, 0) is 4.79 Å². The minimum atomic E-state index is -1.08. The molecule has 1 fully saturated rings. The number of amides is 1. The number of para-hydroxylation sites is 1. The Morgan fingerprint density at radius 2 is 1.92 bits per heavy atom. The Labute approximate surface area is 147 Å². The zero-order valence-corrected chi connectivity index (χ0v) is 13.8. The van der Waals surface area contributed by atoms with Gasteiger partial charge in [0.1, 0.15) is 5.75 Å². The molecule has 0 aromatic heterocycles. The van der Waals surface area contributed by atoms with Crippen LogP contribution >= 0.6 is 24.0 Å². The number of hydrogen-bond acceptors (Lipinski definition) is 5. The maximum atomic E-state index is 12.6. The van der Waals surface area contributed by atoms with Gasteiger partial charge in [-0.1, -0.05) is 48.2 Å². The Bertz CT molecular complexity index is 892. The van der Waals surface area contributed by atoms with Gasteiger partial charge in [-0.25, -0.2) is 4.79 Å². The Balaban J connectivity index is 1.97. The van der Waals surface area contributed by atoms with Gasteiger partial charge >= 0.3 is 5.97 Å². The second-order valence-electron chi connectivity index (χ2n) is 4.93. The van der Waals surface area contributed by atoms with E-state index in [4.69, 9.17) is 17.3 Å². The van der Waals surface area contributed by atoms with E-state index in [1.165, 1.54) is 23.1 Å². The lowest BCUT2D eigenvalue weighted by Crippen LogP contribution is -2.27. The van der Waals surface area contributed by atoms with Gasteiger partial charge in [-0.15, -0.1) is 0 Å². The van der Waals surface area contributed by atoms with E-state index in [9.17, 15) is 14.7 Å². The molecule has 0 unspecified atom stereocenters. The number of carbonyl (C=O) groups excluding carboxylic acids is 1. The summed E-state index contributed by atoms with van der Waals surface area (Å²) in [6.07, 6.45) is 1.57. The monoisotopic (exact) mass is 357 g/mol. The number of carboxylic acid groups (broad SMARTS) is 1. The summed E-state index contributed by atoms with van der Waals surface area (Å²) in [7, 11) is 0. The number of phenolic OH excluding ortho intramolecular Hbond substituents is 1. The van der Waals surface area contributed by atoms with Crippen LogP contribution in [0.3, 0.4) is 0 Å². The van der Waals surface area contributed by atoms with Crippen molar-refractivity contribution in [1.82, 2.24) is 0 Å². The maximum Gasteiger partial charge on any atom is 0.335 e. The molecule has 0 spiro atoms. The minimum absolute atomic E-state index is 0.0654. The number of carbonyl (C=O) groups is 2. The van der Waals surface area contributed by atoms with E-state index >= 15 is 0 Å². The van der Waals surface area contributed by atoms with E-state index in [0.717, 1.165) is 11.8 Å². The Kier molecular flexibility index (Phi) is 4.37. The van der Waals surface area contributed by atoms with Crippen molar-refractivity contribution >= 4 is 51.9 Å². The number of nitrogens with zero attached hydrogens (tertiary/aromatic N) is 1. The quantitative estimate of drug-likeness (QED) is 0.647. The highest BCUT2D eigenvalue weighted by Crippen LogP contribution is 2.37. The molecule has 120 valence electrons. The molecule has 1 heterocycles. The van der Waals surface area contributed by atoms with Crippen molar-refractivity contribution in [2.24, 2.45) is 0 Å². The Morgan fingerprint density at radius 3 is 2.62 bits per heavy atom. The van der Waals surface area contributed by atoms with Gasteiger partial charge in [-0.05, 0) is 30.3 Å². The minimum Gasteiger partial charge on any atom is -0.507 e. The van der Waals surface area contributed by atoms with Crippen LogP contribution in [0.15, 0.2) is 53.4 Å². The average Bonchev–Trinajstić information content (AvgIpc) is 2.83. The van der Waals surface area contributed by atoms with Crippen LogP contribution in [0, 0.1) is 0 Å². The number of carboxylic acids is 1. The molecule has 0 aliphatic carbocycles. The molecular formula is C17H11NO4S2. The third kappa shape index (κ3) is 3.04. The molecule has 0 bridgehead atoms. The molecule has 1 aliphatic rings. The van der Waals surface area contributed by atoms with E-state index in [1.54, 1.807) is 36.4 Å². The van der Waals surface area contributed by atoms with Crippen LogP contribution in [0.2, 0.25) is 0 Å². The average molecular weight is 357 g/mol. The molecule has 1 amide bonds. The summed E-state index contributed by atoms with van der Waals surface area (Å²) in [6.45, 7) is 0. The molecule has 1 saturated heterocycles. The van der Waals surface area contributed by atoms with Gasteiger partial charge in [0.15, 0.2) is 4.32 Å². The maximum absolute atomic E-state index is 12.6. The SMILES string of the molecule is O=C(O)c1cccc(N2C(=O)/C(=C\c3ccccc3O)SC2=S)c1. The summed E-state index contributed by atoms with van der Waals surface area (Å²) >= 11 is 6.36. The summed E-state index contributed by atoms with van der Waals surface area (Å²) in [5.74, 6) is -1.36. The fourth-order valence-electron chi connectivity index (χ4n) is 2.22. The second kappa shape index (κ2) is 6.46. The molecule has 0 saturated carbocycles. The van der Waals surface area contributed by atoms with Crippen molar-refractivity contribution in [1.29, 1.82) is 0 Å². The Morgan fingerprint density at radius 1 is 1.17 bits per heavy atom. The number of thiocarbonyl (C=S) groups is 1. The lowest BCUT2D eigenvalue weighted by atomic mass is 10.1. The molecule has 2 N–H and O–H groups in total. The van der Waals surface area contributed by atoms with Crippen LogP contribution in [-0.4, -0.2) is 26.4 Å². The first-order valence-electron chi connectivity index (χ1n) is 6.86. The molecule has 0 atom stereocenters. The number of anilines is 1. The van der Waals surface area contributed by atoms with Crippen LogP contribution in [0.4, 0.5) is 5.69 Å². The predicted molar refractivity (Wildman–Crippen MR) is 97.2 cm³/mol. The van der Waals surface area contributed by atoms with E-state index in [-0.39, 0.29) is 17.2 Å². The van der Waals surface area contributed by atoms with Gasteiger partial charge in [0.05, 0.1) is 16.2 Å². The molecule has 24 heavy (non-hydrogen) atoms. The topological polar surface area (TPSA) is 77.8 Å². The van der Waals surface area contributed by atoms with Crippen molar-refractivity contribution in [3.63, 3.8) is 0 Å². The number of phenols is 1. The highest BCUT2D eigenvalue weighted by Gasteiger charge is 2.33. The number of benzene rings is 2. The third-order valence-corrected chi connectivity index (χ3v) is 4.67. The number of rotatable bonds is 3. The zero-order chi connectivity index (χ0) is 17.3. The lowest BCUT2D eigenvalue weighted by Gasteiger charge is -2.14. The molecule has 0 radical (unpaired) electrons. The first-order valence-corrected chi connectivity index (χ1v) is 8.09. The van der Waals surface area contributed by atoms with Gasteiger partial charge in [-0.3, -0.25) is 9.69 Å². The van der Waals surface area contributed by atoms with E-state index in [2.05, 4.69) is 0 Å². The van der Waals surface area contributed by atoms with Gasteiger partial charge in [0, 0.05) is 5.56 Å². The normalized spacial score (nSPS) is 16.0. The van der Waals surface area contributed by atoms with Crippen LogP contribution in [0.25, 0.3) is 6.08 Å². The molecule has 2 aromatic carbocycles. The van der Waals surface area contributed by atoms with E-state index in [0.29, 0.717) is 20.5 Å². The van der Waals surface area contributed by atoms with Crippen molar-refractivity contribution in [2.45, 2.75) is 0 Å². The van der Waals surface area contributed by atoms with Crippen LogP contribution < -0.4 is 4.90 Å². The first-order chi connectivity index (χ1) is 11.5. The van der Waals surface area contributed by atoms with Crippen LogP contribution in [0.5, 0.6) is 5.75 Å². The summed E-state index contributed by atoms with van der Waals surface area (Å²) in [5, 5.41) is 18.9. The first kappa shape index (κ1) is 16.2. The van der Waals surface area contributed by atoms with Gasteiger partial charge < -0.3 is 10.2 Å². The Hall–Kier alpha value is -2.64. The summed E-state index contributed by atoms with van der Waals surface area (Å²) in [6, 6.07) is 12.7. The lowest BCUT2D eigenvalue weighted by molar-refractivity contribution is -0.113. The largest absolute Gasteiger partial charge is 0.507 e. The fraction of sp³-hybridized carbons (Fsp3) is 0. The third-order valence-electron chi connectivity index (χ3n) is 3.37. The highest BCUT2D eigenvalue weighted by molar-refractivity contribution is 8.27. The van der Waals surface area contributed by atoms with Gasteiger partial charge in [0.2, 0.25) is 0 Å². The fourth-order valence-corrected chi connectivity index (χ4v) is 3.51. The smallest absolute Gasteiger partial charge is 0.335 e. The second-order valence-corrected chi connectivity index (χ2v) is 6.61. The number of thioether (sulfide) groups is 1. The van der Waals surface area contributed by atoms with Crippen molar-refractivity contribution in [2.75, 3.05) is 4.90 Å². The van der Waals surface area contributed by atoms with Crippen molar-refractivity contribution in [3.8, 4) is 5.75 Å². The van der Waals surface area contributed by atoms with Gasteiger partial charge in [0.25, 0.3) is 5.91 Å². The highest BCUT2D eigenvalue weighted by atomic mass is 32.2. The zero-order valence-electron chi connectivity index (χ0n) is 12.2. The summed E-state index contributed by atoms with van der Waals surface area (Å²) in [5.41, 5.74) is 0.988. The molecule has 2 aromatic rings. The number of aromatic carboxylic acids is 1. The van der Waals surface area contributed by atoms with Gasteiger partial charge in [-0.2, -0.15) is 0 Å². The van der Waals surface area contributed by atoms with Crippen LogP contribution in [0.1, 0.15) is 15.9 Å². The summed E-state index contributed by atoms with van der Waals surface area (Å²) in [4.78, 5) is 25.4. The molecule has 1 aliphatic heterocycles. The molecule has 7 heteroatoms. The summed E-state index contributed by atoms with van der Waals surface area (Å²) < 4.78 is 0.309. The van der Waals surface area contributed by atoms with E-state index in [1.807, 2.05) is 0 Å². The standard InChI is InChI=1S/C17H11NO4S2/c19-13-7-2-1-4-10(13)9-14-15(20)18(17(23)24-14)12-6-3-5-11(8-12)16(21)22/h1-9,19H,(H,21,22)/b14-9+. The van der Waals surface area contributed by atoms with Crippen molar-refractivity contribution in [3.05, 3.63) is 64.6 Å². The number of hydrogen-bond donors (Lipinski definition) is 2. The molecule has 3 rings (SSSR count). The number of aromatic hydroxyl groups is 1.